The SMILES string of the molecule is CCCCNC(=O)Cn1ncc(N)c1C. The average molecular weight is 210 g/mol. The van der Waals surface area contributed by atoms with E-state index in [1.807, 2.05) is 6.92 Å². The first kappa shape index (κ1) is 11.6. The number of anilines is 1. The third-order valence-corrected chi connectivity index (χ3v) is 2.29. The van der Waals surface area contributed by atoms with E-state index in [1.54, 1.807) is 10.9 Å². The first-order chi connectivity index (χ1) is 7.15. The smallest absolute Gasteiger partial charge is 0.241 e. The topological polar surface area (TPSA) is 72.9 Å². The molecule has 0 bridgehead atoms. The standard InChI is InChI=1S/C10H18N4O/c1-3-4-5-12-10(15)7-14-8(2)9(11)6-13-14/h6H,3-5,7,11H2,1-2H3,(H,12,15). The second-order valence-corrected chi connectivity index (χ2v) is 3.55. The molecule has 0 saturated carbocycles. The number of aromatic nitrogens is 2. The fraction of sp³-hybridized carbons (Fsp3) is 0.600. The number of hydrogen-bond donors (Lipinski definition) is 2. The van der Waals surface area contributed by atoms with Gasteiger partial charge in [-0.05, 0) is 13.3 Å². The number of rotatable bonds is 5. The first-order valence-electron chi connectivity index (χ1n) is 5.19. The summed E-state index contributed by atoms with van der Waals surface area (Å²) in [5.74, 6) is -0.0188. The summed E-state index contributed by atoms with van der Waals surface area (Å²) in [6.45, 7) is 4.91. The molecule has 1 rings (SSSR count). The molecule has 0 radical (unpaired) electrons. The van der Waals surface area contributed by atoms with Gasteiger partial charge in [-0.15, -0.1) is 0 Å². The summed E-state index contributed by atoms with van der Waals surface area (Å²) in [5.41, 5.74) is 7.08. The van der Waals surface area contributed by atoms with Crippen molar-refractivity contribution in [1.82, 2.24) is 15.1 Å². The monoisotopic (exact) mass is 210 g/mol. The summed E-state index contributed by atoms with van der Waals surface area (Å²) in [7, 11) is 0. The highest BCUT2D eigenvalue weighted by atomic mass is 16.2. The Balaban J connectivity index is 2.41. The molecule has 0 aromatic carbocycles. The Morgan fingerprint density at radius 1 is 1.67 bits per heavy atom. The summed E-state index contributed by atoms with van der Waals surface area (Å²) in [5, 5.41) is 6.84. The third kappa shape index (κ3) is 3.27. The van der Waals surface area contributed by atoms with Crippen molar-refractivity contribution in [2.24, 2.45) is 0 Å². The third-order valence-electron chi connectivity index (χ3n) is 2.29. The van der Waals surface area contributed by atoms with Gasteiger partial charge < -0.3 is 11.1 Å². The van der Waals surface area contributed by atoms with Crippen molar-refractivity contribution in [3.8, 4) is 0 Å². The van der Waals surface area contributed by atoms with Gasteiger partial charge in [0.05, 0.1) is 17.6 Å². The molecule has 15 heavy (non-hydrogen) atoms. The van der Waals surface area contributed by atoms with Crippen molar-refractivity contribution in [1.29, 1.82) is 0 Å². The zero-order valence-corrected chi connectivity index (χ0v) is 9.29. The van der Waals surface area contributed by atoms with Crippen molar-refractivity contribution < 1.29 is 4.79 Å². The highest BCUT2D eigenvalue weighted by Gasteiger charge is 2.06. The molecular weight excluding hydrogens is 192 g/mol. The van der Waals surface area contributed by atoms with Crippen LogP contribution in [0, 0.1) is 6.92 Å². The molecule has 0 aliphatic heterocycles. The number of nitrogens with two attached hydrogens (primary N) is 1. The first-order valence-corrected chi connectivity index (χ1v) is 5.19. The van der Waals surface area contributed by atoms with E-state index in [0.29, 0.717) is 5.69 Å². The normalized spacial score (nSPS) is 10.3. The molecule has 84 valence electrons. The van der Waals surface area contributed by atoms with Gasteiger partial charge in [0.1, 0.15) is 6.54 Å². The maximum Gasteiger partial charge on any atom is 0.241 e. The number of unbranched alkanes of at least 4 members (excludes halogenated alkanes) is 1. The van der Waals surface area contributed by atoms with Crippen LogP contribution in [0.25, 0.3) is 0 Å². The van der Waals surface area contributed by atoms with E-state index < -0.39 is 0 Å². The number of nitrogens with one attached hydrogen (secondary N) is 1. The molecule has 1 aromatic heterocycles. The molecule has 0 unspecified atom stereocenters. The van der Waals surface area contributed by atoms with Crippen molar-refractivity contribution in [2.75, 3.05) is 12.3 Å². The second-order valence-electron chi connectivity index (χ2n) is 3.55. The van der Waals surface area contributed by atoms with E-state index in [1.165, 1.54) is 0 Å². The quantitative estimate of drug-likeness (QED) is 0.702. The molecule has 5 nitrogen and oxygen atoms in total. The van der Waals surface area contributed by atoms with Crippen LogP contribution >= 0.6 is 0 Å². The molecule has 1 heterocycles. The highest BCUT2D eigenvalue weighted by molar-refractivity contribution is 5.75. The van der Waals surface area contributed by atoms with Crippen LogP contribution in [0.2, 0.25) is 0 Å². The Morgan fingerprint density at radius 3 is 2.93 bits per heavy atom. The van der Waals surface area contributed by atoms with Crippen LogP contribution < -0.4 is 11.1 Å². The molecule has 3 N–H and O–H groups in total. The molecule has 0 aliphatic carbocycles. The summed E-state index contributed by atoms with van der Waals surface area (Å²) in [6, 6.07) is 0. The van der Waals surface area contributed by atoms with Crippen LogP contribution in [-0.2, 0) is 11.3 Å². The van der Waals surface area contributed by atoms with E-state index >= 15 is 0 Å². The lowest BCUT2D eigenvalue weighted by Crippen LogP contribution is -2.29. The van der Waals surface area contributed by atoms with Crippen LogP contribution in [0.1, 0.15) is 25.5 Å². The van der Waals surface area contributed by atoms with Gasteiger partial charge in [0, 0.05) is 6.54 Å². The molecule has 5 heteroatoms. The fourth-order valence-corrected chi connectivity index (χ4v) is 1.22. The highest BCUT2D eigenvalue weighted by Crippen LogP contribution is 2.07. The molecule has 0 saturated heterocycles. The molecule has 0 spiro atoms. The summed E-state index contributed by atoms with van der Waals surface area (Å²) >= 11 is 0. The van der Waals surface area contributed by atoms with Gasteiger partial charge in [-0.25, -0.2) is 0 Å². The van der Waals surface area contributed by atoms with Gasteiger partial charge in [-0.3, -0.25) is 9.48 Å². The second kappa shape index (κ2) is 5.38. The zero-order valence-electron chi connectivity index (χ0n) is 9.29. The van der Waals surface area contributed by atoms with Gasteiger partial charge in [0.25, 0.3) is 0 Å². The van der Waals surface area contributed by atoms with Crippen LogP contribution in [0.15, 0.2) is 6.20 Å². The van der Waals surface area contributed by atoms with Gasteiger partial charge in [0.2, 0.25) is 5.91 Å². The molecular formula is C10H18N4O. The Labute approximate surface area is 89.6 Å². The summed E-state index contributed by atoms with van der Waals surface area (Å²) in [4.78, 5) is 11.4. The largest absolute Gasteiger partial charge is 0.396 e. The van der Waals surface area contributed by atoms with E-state index in [4.69, 9.17) is 5.73 Å². The van der Waals surface area contributed by atoms with Crippen LogP contribution in [0.4, 0.5) is 5.69 Å². The van der Waals surface area contributed by atoms with Crippen molar-refractivity contribution >= 4 is 11.6 Å². The Kier molecular flexibility index (Phi) is 4.15. The van der Waals surface area contributed by atoms with Gasteiger partial charge in [-0.1, -0.05) is 13.3 Å². The van der Waals surface area contributed by atoms with Gasteiger partial charge in [-0.2, -0.15) is 5.10 Å². The summed E-state index contributed by atoms with van der Waals surface area (Å²) in [6.07, 6.45) is 3.65. The minimum Gasteiger partial charge on any atom is -0.396 e. The van der Waals surface area contributed by atoms with Crippen LogP contribution in [0.3, 0.4) is 0 Å². The van der Waals surface area contributed by atoms with E-state index in [0.717, 1.165) is 25.1 Å². The lowest BCUT2D eigenvalue weighted by Gasteiger charge is -2.05. The predicted octanol–water partition coefficient (Wildman–Crippen LogP) is 0.690. The molecule has 0 fully saturated rings. The number of carbonyl (C=O) groups is 1. The van der Waals surface area contributed by atoms with E-state index in [-0.39, 0.29) is 12.5 Å². The number of nitrogen functional groups attached to an aromatic ring is 1. The Hall–Kier alpha value is -1.52. The van der Waals surface area contributed by atoms with Crippen molar-refractivity contribution in [3.63, 3.8) is 0 Å². The molecule has 0 aliphatic rings. The minimum atomic E-state index is -0.0188. The van der Waals surface area contributed by atoms with Gasteiger partial charge >= 0.3 is 0 Å². The van der Waals surface area contributed by atoms with Gasteiger partial charge in [0.15, 0.2) is 0 Å². The Morgan fingerprint density at radius 2 is 2.40 bits per heavy atom. The van der Waals surface area contributed by atoms with E-state index in [2.05, 4.69) is 17.3 Å². The number of amides is 1. The predicted molar refractivity (Wildman–Crippen MR) is 59.3 cm³/mol. The molecule has 1 amide bonds. The van der Waals surface area contributed by atoms with Crippen LogP contribution in [-0.4, -0.2) is 22.2 Å². The number of carbonyl (C=O) groups excluding carboxylic acids is 1. The zero-order chi connectivity index (χ0) is 11.3. The lowest BCUT2D eigenvalue weighted by atomic mass is 10.3. The fourth-order valence-electron chi connectivity index (χ4n) is 1.22. The van der Waals surface area contributed by atoms with Crippen molar-refractivity contribution in [2.45, 2.75) is 33.2 Å². The Bertz CT molecular complexity index is 332. The number of hydrogen-bond acceptors (Lipinski definition) is 3. The molecule has 0 atom stereocenters. The number of nitrogens with zero attached hydrogens (tertiary/aromatic N) is 2. The lowest BCUT2D eigenvalue weighted by molar-refractivity contribution is -0.121. The van der Waals surface area contributed by atoms with E-state index in [9.17, 15) is 4.79 Å². The summed E-state index contributed by atoms with van der Waals surface area (Å²) < 4.78 is 1.61. The maximum absolute atomic E-state index is 11.4. The van der Waals surface area contributed by atoms with Crippen molar-refractivity contribution in [3.05, 3.63) is 11.9 Å². The minimum absolute atomic E-state index is 0.0188. The average Bonchev–Trinajstić information content (AvgIpc) is 2.50. The molecule has 1 aromatic rings. The maximum atomic E-state index is 11.4. The van der Waals surface area contributed by atoms with Crippen LogP contribution in [0.5, 0.6) is 0 Å².